The summed E-state index contributed by atoms with van der Waals surface area (Å²) < 4.78 is 153. The lowest BCUT2D eigenvalue weighted by Gasteiger charge is -2.18. The van der Waals surface area contributed by atoms with E-state index in [2.05, 4.69) is 30.1 Å². The van der Waals surface area contributed by atoms with Crippen LogP contribution in [0.1, 0.15) is 0 Å². The zero-order valence-corrected chi connectivity index (χ0v) is 18.5. The van der Waals surface area contributed by atoms with Gasteiger partial charge in [0.15, 0.2) is 19.0 Å². The highest BCUT2D eigenvalue weighted by Crippen LogP contribution is 2.37. The van der Waals surface area contributed by atoms with E-state index in [0.29, 0.717) is 18.2 Å². The number of anilines is 1. The Hall–Kier alpha value is -2.56. The molecule has 6 nitrogen and oxygen atoms in total. The van der Waals surface area contributed by atoms with E-state index in [9.17, 15) is 47.9 Å². The zero-order valence-electron chi connectivity index (χ0n) is 16.1. The fraction of sp³-hybridized carbons (Fsp3) is 0.294. The van der Waals surface area contributed by atoms with Crippen LogP contribution < -0.4 is 18.9 Å². The van der Waals surface area contributed by atoms with E-state index >= 15 is 0 Å². The smallest absolute Gasteiger partial charge is 0.484 e. The van der Waals surface area contributed by atoms with Gasteiger partial charge in [-0.2, -0.15) is 26.3 Å². The fourth-order valence-electron chi connectivity index (χ4n) is 2.22. The predicted octanol–water partition coefficient (Wildman–Crippen LogP) is 6.03. The molecule has 0 bridgehead atoms. The lowest BCUT2D eigenvalue weighted by Crippen LogP contribution is -2.22. The molecule has 34 heavy (non-hydrogen) atoms. The minimum absolute atomic E-state index is 0.0476. The van der Waals surface area contributed by atoms with Gasteiger partial charge in [0, 0.05) is 10.5 Å². The summed E-state index contributed by atoms with van der Waals surface area (Å²) in [5.41, 5.74) is -0.788. The minimum atomic E-state index is -5.24. The summed E-state index contributed by atoms with van der Waals surface area (Å²) in [4.78, 5) is -1.14. The molecule has 0 radical (unpaired) electrons. The summed E-state index contributed by atoms with van der Waals surface area (Å²) in [5, 5.41) is 0. The Morgan fingerprint density at radius 1 is 0.794 bits per heavy atom. The molecule has 0 amide bonds. The Morgan fingerprint density at radius 3 is 1.94 bits per heavy atom. The van der Waals surface area contributed by atoms with Gasteiger partial charge >= 0.3 is 18.7 Å². The predicted molar refractivity (Wildman–Crippen MR) is 101 cm³/mol. The molecule has 2 rings (SSSR count). The van der Waals surface area contributed by atoms with Gasteiger partial charge in [-0.3, -0.25) is 4.72 Å². The monoisotopic (exact) mass is 591 g/mol. The molecule has 0 atom stereocenters. The second kappa shape index (κ2) is 9.97. The van der Waals surface area contributed by atoms with Crippen LogP contribution in [0.5, 0.6) is 17.2 Å². The first-order chi connectivity index (χ1) is 15.3. The van der Waals surface area contributed by atoms with Gasteiger partial charge < -0.3 is 14.2 Å². The van der Waals surface area contributed by atoms with Crippen LogP contribution in [0.2, 0.25) is 0 Å². The van der Waals surface area contributed by atoms with Gasteiger partial charge in [-0.05, 0) is 30.3 Å². The Kier molecular flexibility index (Phi) is 8.12. The first-order valence-electron chi connectivity index (χ1n) is 8.46. The van der Waals surface area contributed by atoms with E-state index in [1.54, 1.807) is 4.72 Å². The van der Waals surface area contributed by atoms with Crippen LogP contribution in [0.15, 0.2) is 45.8 Å². The summed E-state index contributed by atoms with van der Waals surface area (Å²) in [5.74, 6) is -2.72. The minimum Gasteiger partial charge on any atom is -0.484 e. The Morgan fingerprint density at radius 2 is 1.38 bits per heavy atom. The lowest BCUT2D eigenvalue weighted by molar-refractivity contribution is -0.274. The summed E-state index contributed by atoms with van der Waals surface area (Å²) in [6, 6.07) is 4.43. The van der Waals surface area contributed by atoms with Gasteiger partial charge in [0.05, 0.1) is 5.69 Å². The van der Waals surface area contributed by atoms with Gasteiger partial charge in [0.25, 0.3) is 10.0 Å². The maximum Gasteiger partial charge on any atom is 0.573 e. The van der Waals surface area contributed by atoms with E-state index in [-0.39, 0.29) is 4.47 Å². The van der Waals surface area contributed by atoms with Crippen LogP contribution >= 0.6 is 15.9 Å². The number of nitrogens with one attached hydrogen (secondary N) is 1. The Labute approximate surface area is 193 Å². The quantitative estimate of drug-likeness (QED) is 0.379. The summed E-state index contributed by atoms with van der Waals surface area (Å²) in [7, 11) is -5.05. The average Bonchev–Trinajstić information content (AvgIpc) is 2.64. The molecule has 0 aliphatic rings. The van der Waals surface area contributed by atoms with Gasteiger partial charge in [-0.1, -0.05) is 15.9 Å². The summed E-state index contributed by atoms with van der Waals surface area (Å²) in [6.45, 7) is -3.84. The third kappa shape index (κ3) is 9.00. The van der Waals surface area contributed by atoms with Gasteiger partial charge in [-0.15, -0.1) is 13.2 Å². The molecular formula is C17H11BrF9NO5S. The van der Waals surface area contributed by atoms with Gasteiger partial charge in [-0.25, -0.2) is 8.42 Å². The number of hydrogen-bond acceptors (Lipinski definition) is 5. The molecule has 2 aromatic rings. The first-order valence-corrected chi connectivity index (χ1v) is 10.7. The molecule has 0 unspecified atom stereocenters. The van der Waals surface area contributed by atoms with Gasteiger partial charge in [0.2, 0.25) is 0 Å². The molecule has 190 valence electrons. The molecule has 0 saturated heterocycles. The normalized spacial score (nSPS) is 12.9. The van der Waals surface area contributed by atoms with Crippen LogP contribution in [0.25, 0.3) is 0 Å². The Bertz CT molecular complexity index is 1120. The standard InChI is InChI=1S/C17H11BrF9NO5S/c18-9-1-3-11(13(5-9)33-17(25,26)27)28-34(29,30)14-6-10(31-7-15(19,20)21)2-4-12(14)32-8-16(22,23)24/h1-6,28H,7-8H2. The molecule has 0 fully saturated rings. The van der Waals surface area contributed by atoms with Crippen molar-refractivity contribution in [1.82, 2.24) is 0 Å². The number of ether oxygens (including phenoxy) is 3. The van der Waals surface area contributed by atoms with Crippen molar-refractivity contribution >= 4 is 31.6 Å². The van der Waals surface area contributed by atoms with E-state index in [4.69, 9.17) is 0 Å². The summed E-state index contributed by atoms with van der Waals surface area (Å²) >= 11 is 2.86. The van der Waals surface area contributed by atoms with Crippen LogP contribution in [0.3, 0.4) is 0 Å². The van der Waals surface area contributed by atoms with Crippen LogP contribution in [-0.4, -0.2) is 40.3 Å². The highest BCUT2D eigenvalue weighted by molar-refractivity contribution is 9.10. The van der Waals surface area contributed by atoms with Gasteiger partial charge in [0.1, 0.15) is 16.4 Å². The average molecular weight is 592 g/mol. The van der Waals surface area contributed by atoms with Crippen LogP contribution in [0.4, 0.5) is 45.2 Å². The third-order valence-corrected chi connectivity index (χ3v) is 5.29. The van der Waals surface area contributed by atoms with Crippen LogP contribution in [-0.2, 0) is 10.0 Å². The number of alkyl halides is 9. The van der Waals surface area contributed by atoms with E-state index < -0.39 is 69.8 Å². The van der Waals surface area contributed by atoms with E-state index in [1.165, 1.54) is 0 Å². The highest BCUT2D eigenvalue weighted by Gasteiger charge is 2.34. The highest BCUT2D eigenvalue weighted by atomic mass is 79.9. The van der Waals surface area contributed by atoms with E-state index in [1.807, 2.05) is 0 Å². The summed E-state index contributed by atoms with van der Waals surface area (Å²) in [6.07, 6.45) is -15.0. The topological polar surface area (TPSA) is 73.9 Å². The lowest BCUT2D eigenvalue weighted by atomic mass is 10.3. The van der Waals surface area contributed by atoms with Crippen molar-refractivity contribution in [2.45, 2.75) is 23.6 Å². The number of hydrogen-bond donors (Lipinski definition) is 1. The first kappa shape index (κ1) is 27.7. The molecule has 0 aromatic heterocycles. The van der Waals surface area contributed by atoms with Crippen molar-refractivity contribution in [3.63, 3.8) is 0 Å². The van der Waals surface area contributed by atoms with Crippen LogP contribution in [0, 0.1) is 0 Å². The van der Waals surface area contributed by atoms with Crippen molar-refractivity contribution in [2.75, 3.05) is 17.9 Å². The van der Waals surface area contributed by atoms with Crippen molar-refractivity contribution in [2.24, 2.45) is 0 Å². The van der Waals surface area contributed by atoms with Crippen molar-refractivity contribution in [3.8, 4) is 17.2 Å². The largest absolute Gasteiger partial charge is 0.573 e. The molecule has 17 heteroatoms. The van der Waals surface area contributed by atoms with Crippen molar-refractivity contribution in [3.05, 3.63) is 40.9 Å². The SMILES string of the molecule is O=S(=O)(Nc1ccc(Br)cc1OC(F)(F)F)c1cc(OCC(F)(F)F)ccc1OCC(F)(F)F. The molecule has 0 aliphatic heterocycles. The maximum absolute atomic E-state index is 12.8. The second-order valence-corrected chi connectivity index (χ2v) is 8.78. The molecule has 0 saturated carbocycles. The number of sulfonamides is 1. The number of benzene rings is 2. The Balaban J connectivity index is 2.49. The molecule has 0 heterocycles. The fourth-order valence-corrected chi connectivity index (χ4v) is 3.79. The molecular weight excluding hydrogens is 581 g/mol. The van der Waals surface area contributed by atoms with Crippen molar-refractivity contribution < 1.29 is 62.1 Å². The molecule has 1 N–H and O–H groups in total. The van der Waals surface area contributed by atoms with E-state index in [0.717, 1.165) is 18.2 Å². The number of rotatable bonds is 8. The van der Waals surface area contributed by atoms with Crippen molar-refractivity contribution in [1.29, 1.82) is 0 Å². The number of halogens is 10. The second-order valence-electron chi connectivity index (χ2n) is 6.21. The zero-order chi connectivity index (χ0) is 25.9. The third-order valence-electron chi connectivity index (χ3n) is 3.41. The molecule has 0 aliphatic carbocycles. The molecule has 0 spiro atoms. The maximum atomic E-state index is 12.8. The molecule has 2 aromatic carbocycles.